The van der Waals surface area contributed by atoms with Crippen molar-refractivity contribution in [2.24, 2.45) is 0 Å². The quantitative estimate of drug-likeness (QED) is 0.783. The molecule has 1 unspecified atom stereocenters. The Morgan fingerprint density at radius 2 is 1.59 bits per heavy atom. The smallest absolute Gasteiger partial charge is 0.0761 e. The van der Waals surface area contributed by atoms with E-state index in [1.54, 1.807) is 6.92 Å². The summed E-state index contributed by atoms with van der Waals surface area (Å²) < 4.78 is 0. The number of benzene rings is 1. The van der Waals surface area contributed by atoms with Gasteiger partial charge in [0, 0.05) is 6.54 Å². The van der Waals surface area contributed by atoms with Crippen LogP contribution in [0, 0.1) is 0 Å². The van der Waals surface area contributed by atoms with Gasteiger partial charge in [-0.2, -0.15) is 0 Å². The van der Waals surface area contributed by atoms with Gasteiger partial charge in [-0.3, -0.25) is 4.90 Å². The molecule has 0 saturated heterocycles. The molecule has 0 aliphatic carbocycles. The highest BCUT2D eigenvalue weighted by atomic mass is 16.3. The third kappa shape index (κ3) is 4.88. The maximum absolute atomic E-state index is 9.45. The topological polar surface area (TPSA) is 23.5 Å². The number of hydrogen-bond acceptors (Lipinski definition) is 2. The third-order valence-corrected chi connectivity index (χ3v) is 2.95. The van der Waals surface area contributed by atoms with Gasteiger partial charge < -0.3 is 5.11 Å². The zero-order valence-corrected chi connectivity index (χ0v) is 11.3. The van der Waals surface area contributed by atoms with Crippen LogP contribution in [0.15, 0.2) is 24.3 Å². The molecular formula is C15H25NO. The summed E-state index contributed by atoms with van der Waals surface area (Å²) in [4.78, 5) is 2.48. The molecular weight excluding hydrogens is 210 g/mol. The summed E-state index contributed by atoms with van der Waals surface area (Å²) in [6, 6.07) is 8.30. The normalized spacial score (nSPS) is 13.0. The fourth-order valence-electron chi connectivity index (χ4n) is 2.06. The molecule has 0 bridgehead atoms. The van der Waals surface area contributed by atoms with Gasteiger partial charge in [0.25, 0.3) is 0 Å². The maximum atomic E-state index is 9.45. The summed E-state index contributed by atoms with van der Waals surface area (Å²) in [5, 5.41) is 9.45. The van der Waals surface area contributed by atoms with Crippen molar-refractivity contribution < 1.29 is 5.11 Å². The van der Waals surface area contributed by atoms with Crippen molar-refractivity contribution in [1.29, 1.82) is 0 Å². The van der Waals surface area contributed by atoms with E-state index in [-0.39, 0.29) is 6.10 Å². The monoisotopic (exact) mass is 235 g/mol. The molecule has 1 atom stereocenters. The minimum atomic E-state index is -0.369. The minimum absolute atomic E-state index is 0.369. The second kappa shape index (κ2) is 7.46. The molecule has 0 aromatic heterocycles. The van der Waals surface area contributed by atoms with Crippen LogP contribution in [0.2, 0.25) is 0 Å². The number of aliphatic hydroxyl groups excluding tert-OH is 1. The van der Waals surface area contributed by atoms with Crippen LogP contribution in [-0.4, -0.2) is 23.1 Å². The van der Waals surface area contributed by atoms with Gasteiger partial charge in [0.05, 0.1) is 6.10 Å². The molecule has 2 heteroatoms. The predicted molar refractivity (Wildman–Crippen MR) is 72.9 cm³/mol. The fraction of sp³-hybridized carbons (Fsp3) is 0.600. The van der Waals surface area contributed by atoms with Crippen molar-refractivity contribution in [3.8, 4) is 0 Å². The SMILES string of the molecule is CCCN(CCC)Cc1ccc(C(C)O)cc1. The van der Waals surface area contributed by atoms with Crippen LogP contribution in [0.4, 0.5) is 0 Å². The summed E-state index contributed by atoms with van der Waals surface area (Å²) in [6.07, 6.45) is 2.03. The zero-order valence-electron chi connectivity index (χ0n) is 11.3. The number of nitrogens with zero attached hydrogens (tertiary/aromatic N) is 1. The van der Waals surface area contributed by atoms with E-state index < -0.39 is 0 Å². The lowest BCUT2D eigenvalue weighted by Crippen LogP contribution is -2.24. The first-order valence-corrected chi connectivity index (χ1v) is 6.66. The lowest BCUT2D eigenvalue weighted by Gasteiger charge is -2.21. The molecule has 0 fully saturated rings. The molecule has 0 heterocycles. The number of aliphatic hydroxyl groups is 1. The first-order chi connectivity index (χ1) is 8.17. The zero-order chi connectivity index (χ0) is 12.7. The maximum Gasteiger partial charge on any atom is 0.0761 e. The van der Waals surface area contributed by atoms with Crippen LogP contribution in [-0.2, 0) is 6.54 Å². The van der Waals surface area contributed by atoms with Crippen LogP contribution in [0.25, 0.3) is 0 Å². The molecule has 0 aliphatic heterocycles. The van der Waals surface area contributed by atoms with Gasteiger partial charge in [-0.05, 0) is 44.0 Å². The van der Waals surface area contributed by atoms with Crippen molar-refractivity contribution in [3.63, 3.8) is 0 Å². The molecule has 2 nitrogen and oxygen atoms in total. The standard InChI is InChI=1S/C15H25NO/c1-4-10-16(11-5-2)12-14-6-8-15(9-7-14)13(3)17/h6-9,13,17H,4-5,10-12H2,1-3H3. The van der Waals surface area contributed by atoms with Gasteiger partial charge in [-0.1, -0.05) is 38.1 Å². The van der Waals surface area contributed by atoms with Crippen molar-refractivity contribution in [2.45, 2.75) is 46.3 Å². The molecule has 17 heavy (non-hydrogen) atoms. The fourth-order valence-corrected chi connectivity index (χ4v) is 2.06. The molecule has 0 amide bonds. The summed E-state index contributed by atoms with van der Waals surface area (Å²) >= 11 is 0. The summed E-state index contributed by atoms with van der Waals surface area (Å²) in [7, 11) is 0. The second-order valence-electron chi connectivity index (χ2n) is 4.69. The van der Waals surface area contributed by atoms with Crippen LogP contribution in [0.1, 0.15) is 50.8 Å². The first kappa shape index (κ1) is 14.2. The van der Waals surface area contributed by atoms with Gasteiger partial charge in [0.15, 0.2) is 0 Å². The molecule has 0 aliphatic rings. The Bertz CT molecular complexity index is 299. The predicted octanol–water partition coefficient (Wildman–Crippen LogP) is 3.36. The molecule has 1 aromatic rings. The lowest BCUT2D eigenvalue weighted by molar-refractivity contribution is 0.199. The second-order valence-corrected chi connectivity index (χ2v) is 4.69. The average Bonchev–Trinajstić information content (AvgIpc) is 2.30. The Hall–Kier alpha value is -0.860. The highest BCUT2D eigenvalue weighted by Crippen LogP contribution is 2.14. The Morgan fingerprint density at radius 3 is 2.00 bits per heavy atom. The van der Waals surface area contributed by atoms with E-state index in [2.05, 4.69) is 30.9 Å². The van der Waals surface area contributed by atoms with Gasteiger partial charge in [-0.25, -0.2) is 0 Å². The minimum Gasteiger partial charge on any atom is -0.389 e. The van der Waals surface area contributed by atoms with Gasteiger partial charge in [0.1, 0.15) is 0 Å². The number of hydrogen-bond donors (Lipinski definition) is 1. The largest absolute Gasteiger partial charge is 0.389 e. The number of rotatable bonds is 7. The van der Waals surface area contributed by atoms with E-state index in [9.17, 15) is 5.11 Å². The summed E-state index contributed by atoms with van der Waals surface area (Å²) in [5.41, 5.74) is 2.32. The van der Waals surface area contributed by atoms with Crippen LogP contribution in [0.3, 0.4) is 0 Å². The van der Waals surface area contributed by atoms with Gasteiger partial charge in [0.2, 0.25) is 0 Å². The van der Waals surface area contributed by atoms with Gasteiger partial charge >= 0.3 is 0 Å². The molecule has 0 radical (unpaired) electrons. The van der Waals surface area contributed by atoms with Crippen LogP contribution >= 0.6 is 0 Å². The van der Waals surface area contributed by atoms with E-state index >= 15 is 0 Å². The Kier molecular flexibility index (Phi) is 6.23. The van der Waals surface area contributed by atoms with E-state index in [0.717, 1.165) is 25.2 Å². The van der Waals surface area contributed by atoms with Crippen molar-refractivity contribution in [2.75, 3.05) is 13.1 Å². The average molecular weight is 235 g/mol. The van der Waals surface area contributed by atoms with E-state index in [1.165, 1.54) is 18.4 Å². The third-order valence-electron chi connectivity index (χ3n) is 2.95. The van der Waals surface area contributed by atoms with E-state index in [4.69, 9.17) is 0 Å². The lowest BCUT2D eigenvalue weighted by atomic mass is 10.1. The van der Waals surface area contributed by atoms with E-state index in [0.29, 0.717) is 0 Å². The molecule has 0 spiro atoms. The summed E-state index contributed by atoms with van der Waals surface area (Å²) in [6.45, 7) is 9.58. The van der Waals surface area contributed by atoms with Crippen molar-refractivity contribution in [3.05, 3.63) is 35.4 Å². The molecule has 1 N–H and O–H groups in total. The van der Waals surface area contributed by atoms with Crippen molar-refractivity contribution >= 4 is 0 Å². The highest BCUT2D eigenvalue weighted by molar-refractivity contribution is 5.23. The van der Waals surface area contributed by atoms with Crippen LogP contribution in [0.5, 0.6) is 0 Å². The first-order valence-electron chi connectivity index (χ1n) is 6.66. The van der Waals surface area contributed by atoms with Crippen molar-refractivity contribution in [1.82, 2.24) is 4.90 Å². The van der Waals surface area contributed by atoms with Gasteiger partial charge in [-0.15, -0.1) is 0 Å². The molecule has 96 valence electrons. The molecule has 0 saturated carbocycles. The Labute approximate surface area is 105 Å². The van der Waals surface area contributed by atoms with E-state index in [1.807, 2.05) is 12.1 Å². The Balaban J connectivity index is 2.59. The Morgan fingerprint density at radius 1 is 1.06 bits per heavy atom. The summed E-state index contributed by atoms with van der Waals surface area (Å²) in [5.74, 6) is 0. The highest BCUT2D eigenvalue weighted by Gasteiger charge is 2.05. The molecule has 1 rings (SSSR count). The van der Waals surface area contributed by atoms with Crippen LogP contribution < -0.4 is 0 Å². The molecule has 1 aromatic carbocycles.